The van der Waals surface area contributed by atoms with Gasteiger partial charge in [-0.1, -0.05) is 43.7 Å². The van der Waals surface area contributed by atoms with Crippen molar-refractivity contribution >= 4 is 0 Å². The van der Waals surface area contributed by atoms with E-state index in [1.807, 2.05) is 0 Å². The lowest BCUT2D eigenvalue weighted by Crippen LogP contribution is -2.23. The molecule has 0 amide bonds. The highest BCUT2D eigenvalue weighted by Gasteiger charge is 2.10. The maximum atomic E-state index is 5.86. The summed E-state index contributed by atoms with van der Waals surface area (Å²) >= 11 is 0. The average molecular weight is 221 g/mol. The number of rotatable bonds is 7. The van der Waals surface area contributed by atoms with Crippen molar-refractivity contribution in [2.45, 2.75) is 33.3 Å². The van der Waals surface area contributed by atoms with Crippen molar-refractivity contribution < 1.29 is 4.74 Å². The zero-order valence-corrected chi connectivity index (χ0v) is 10.6. The molecule has 0 spiro atoms. The minimum atomic E-state index is 0.181. The van der Waals surface area contributed by atoms with Crippen molar-refractivity contribution in [1.82, 2.24) is 5.32 Å². The van der Waals surface area contributed by atoms with Gasteiger partial charge in [-0.25, -0.2) is 0 Å². The van der Waals surface area contributed by atoms with Gasteiger partial charge in [0.05, 0.1) is 6.10 Å². The van der Waals surface area contributed by atoms with Crippen LogP contribution in [0, 0.1) is 6.92 Å². The normalized spacial score (nSPS) is 12.7. The van der Waals surface area contributed by atoms with Crippen LogP contribution in [0.3, 0.4) is 0 Å². The molecule has 0 heterocycles. The van der Waals surface area contributed by atoms with E-state index in [0.29, 0.717) is 0 Å². The number of hydrogen-bond acceptors (Lipinski definition) is 2. The minimum Gasteiger partial charge on any atom is -0.372 e. The first-order valence-corrected chi connectivity index (χ1v) is 6.16. The van der Waals surface area contributed by atoms with Gasteiger partial charge in [0.25, 0.3) is 0 Å². The molecule has 2 nitrogen and oxygen atoms in total. The Morgan fingerprint density at radius 3 is 2.44 bits per heavy atom. The van der Waals surface area contributed by atoms with Gasteiger partial charge in [0.1, 0.15) is 0 Å². The third kappa shape index (κ3) is 4.33. The smallest absolute Gasteiger partial charge is 0.0949 e. The van der Waals surface area contributed by atoms with Crippen LogP contribution in [-0.2, 0) is 4.74 Å². The van der Waals surface area contributed by atoms with Crippen molar-refractivity contribution in [3.05, 3.63) is 35.4 Å². The van der Waals surface area contributed by atoms with Gasteiger partial charge in [-0.15, -0.1) is 0 Å². The van der Waals surface area contributed by atoms with Gasteiger partial charge in [-0.3, -0.25) is 0 Å². The molecule has 1 unspecified atom stereocenters. The van der Waals surface area contributed by atoms with Crippen LogP contribution in [0.1, 0.15) is 37.5 Å². The molecule has 2 heteroatoms. The molecule has 0 fully saturated rings. The van der Waals surface area contributed by atoms with Crippen LogP contribution >= 0.6 is 0 Å². The summed E-state index contributed by atoms with van der Waals surface area (Å²) in [5.41, 5.74) is 2.56. The lowest BCUT2D eigenvalue weighted by molar-refractivity contribution is 0.0534. The number of hydrogen-bond donors (Lipinski definition) is 1. The SMILES string of the molecule is CCCOC(CNCC)c1ccc(C)cc1. The summed E-state index contributed by atoms with van der Waals surface area (Å²) in [7, 11) is 0. The van der Waals surface area contributed by atoms with Gasteiger partial charge >= 0.3 is 0 Å². The van der Waals surface area contributed by atoms with E-state index in [9.17, 15) is 0 Å². The lowest BCUT2D eigenvalue weighted by atomic mass is 10.1. The summed E-state index contributed by atoms with van der Waals surface area (Å²) in [5, 5.41) is 3.35. The molecule has 0 aliphatic heterocycles. The van der Waals surface area contributed by atoms with Crippen molar-refractivity contribution in [2.24, 2.45) is 0 Å². The van der Waals surface area contributed by atoms with E-state index in [1.54, 1.807) is 0 Å². The third-order valence-corrected chi connectivity index (χ3v) is 2.55. The predicted molar refractivity (Wildman–Crippen MR) is 68.7 cm³/mol. The Balaban J connectivity index is 2.62. The molecule has 90 valence electrons. The summed E-state index contributed by atoms with van der Waals surface area (Å²) in [6.07, 6.45) is 1.24. The quantitative estimate of drug-likeness (QED) is 0.764. The Morgan fingerprint density at radius 2 is 1.88 bits per heavy atom. The molecule has 1 atom stereocenters. The standard InChI is InChI=1S/C14H23NO/c1-4-10-16-14(11-15-5-2)13-8-6-12(3)7-9-13/h6-9,14-15H,4-5,10-11H2,1-3H3. The highest BCUT2D eigenvalue weighted by atomic mass is 16.5. The van der Waals surface area contributed by atoms with Gasteiger partial charge in [0, 0.05) is 13.2 Å². The Labute approximate surface area is 99.0 Å². The fraction of sp³-hybridized carbons (Fsp3) is 0.571. The van der Waals surface area contributed by atoms with Crippen molar-refractivity contribution in [2.75, 3.05) is 19.7 Å². The van der Waals surface area contributed by atoms with Crippen LogP contribution in [0.2, 0.25) is 0 Å². The summed E-state index contributed by atoms with van der Waals surface area (Å²) in [5.74, 6) is 0. The zero-order valence-electron chi connectivity index (χ0n) is 10.6. The first-order valence-electron chi connectivity index (χ1n) is 6.16. The van der Waals surface area contributed by atoms with Crippen LogP contribution in [0.25, 0.3) is 0 Å². The highest BCUT2D eigenvalue weighted by molar-refractivity contribution is 5.23. The minimum absolute atomic E-state index is 0.181. The molecule has 1 rings (SSSR count). The van der Waals surface area contributed by atoms with E-state index in [4.69, 9.17) is 4.74 Å². The highest BCUT2D eigenvalue weighted by Crippen LogP contribution is 2.17. The number of benzene rings is 1. The molecule has 0 saturated carbocycles. The molecule has 0 aromatic heterocycles. The number of nitrogens with one attached hydrogen (secondary N) is 1. The first kappa shape index (κ1) is 13.2. The van der Waals surface area contributed by atoms with E-state index < -0.39 is 0 Å². The predicted octanol–water partition coefficient (Wildman–Crippen LogP) is 3.07. The van der Waals surface area contributed by atoms with E-state index >= 15 is 0 Å². The molecular formula is C14H23NO. The zero-order chi connectivity index (χ0) is 11.8. The maximum Gasteiger partial charge on any atom is 0.0949 e. The molecule has 0 aliphatic carbocycles. The van der Waals surface area contributed by atoms with Crippen LogP contribution in [-0.4, -0.2) is 19.7 Å². The number of aryl methyl sites for hydroxylation is 1. The van der Waals surface area contributed by atoms with Crippen LogP contribution in [0.5, 0.6) is 0 Å². The second-order valence-electron chi connectivity index (χ2n) is 4.08. The Morgan fingerprint density at radius 1 is 1.19 bits per heavy atom. The van der Waals surface area contributed by atoms with Crippen LogP contribution in [0.4, 0.5) is 0 Å². The molecule has 16 heavy (non-hydrogen) atoms. The fourth-order valence-corrected chi connectivity index (χ4v) is 1.59. The molecular weight excluding hydrogens is 198 g/mol. The Hall–Kier alpha value is -0.860. The molecule has 1 aromatic rings. The van der Waals surface area contributed by atoms with Crippen molar-refractivity contribution in [3.63, 3.8) is 0 Å². The van der Waals surface area contributed by atoms with E-state index in [-0.39, 0.29) is 6.10 Å². The molecule has 0 bridgehead atoms. The summed E-state index contributed by atoms with van der Waals surface area (Å²) in [6.45, 7) is 9.06. The monoisotopic (exact) mass is 221 g/mol. The van der Waals surface area contributed by atoms with E-state index in [2.05, 4.69) is 50.4 Å². The lowest BCUT2D eigenvalue weighted by Gasteiger charge is -2.18. The Bertz CT molecular complexity index is 273. The molecule has 1 N–H and O–H groups in total. The van der Waals surface area contributed by atoms with Crippen molar-refractivity contribution in [1.29, 1.82) is 0 Å². The average Bonchev–Trinajstić information content (AvgIpc) is 2.31. The number of likely N-dealkylation sites (N-methyl/N-ethyl adjacent to an activating group) is 1. The number of ether oxygens (including phenoxy) is 1. The van der Waals surface area contributed by atoms with Gasteiger partial charge < -0.3 is 10.1 Å². The first-order chi connectivity index (χ1) is 7.77. The molecule has 1 aromatic carbocycles. The summed E-state index contributed by atoms with van der Waals surface area (Å²) in [4.78, 5) is 0. The Kier molecular flexibility index (Phi) is 6.12. The second kappa shape index (κ2) is 7.42. The molecule has 0 saturated heterocycles. The van der Waals surface area contributed by atoms with Gasteiger partial charge in [-0.05, 0) is 25.5 Å². The topological polar surface area (TPSA) is 21.3 Å². The summed E-state index contributed by atoms with van der Waals surface area (Å²) in [6, 6.07) is 8.60. The third-order valence-electron chi connectivity index (χ3n) is 2.55. The van der Waals surface area contributed by atoms with Crippen molar-refractivity contribution in [3.8, 4) is 0 Å². The molecule has 0 aliphatic rings. The molecule has 0 radical (unpaired) electrons. The summed E-state index contributed by atoms with van der Waals surface area (Å²) < 4.78 is 5.86. The van der Waals surface area contributed by atoms with Crippen LogP contribution < -0.4 is 5.32 Å². The van der Waals surface area contributed by atoms with Crippen LogP contribution in [0.15, 0.2) is 24.3 Å². The fourth-order valence-electron chi connectivity index (χ4n) is 1.59. The second-order valence-corrected chi connectivity index (χ2v) is 4.08. The van der Waals surface area contributed by atoms with E-state index in [0.717, 1.165) is 26.1 Å². The maximum absolute atomic E-state index is 5.86. The van der Waals surface area contributed by atoms with Gasteiger partial charge in [-0.2, -0.15) is 0 Å². The van der Waals surface area contributed by atoms with Gasteiger partial charge in [0.15, 0.2) is 0 Å². The van der Waals surface area contributed by atoms with Gasteiger partial charge in [0.2, 0.25) is 0 Å². The largest absolute Gasteiger partial charge is 0.372 e. The van der Waals surface area contributed by atoms with E-state index in [1.165, 1.54) is 11.1 Å².